The lowest BCUT2D eigenvalue weighted by atomic mass is 10.2. The topological polar surface area (TPSA) is 47.7 Å². The summed E-state index contributed by atoms with van der Waals surface area (Å²) in [6.07, 6.45) is 0. The van der Waals surface area contributed by atoms with Crippen molar-refractivity contribution in [1.82, 2.24) is 24.6 Å². The van der Waals surface area contributed by atoms with Crippen molar-refractivity contribution >= 4 is 33.5 Å². The summed E-state index contributed by atoms with van der Waals surface area (Å²) in [7, 11) is 3.98. The van der Waals surface area contributed by atoms with Crippen LogP contribution in [-0.4, -0.2) is 19.3 Å². The number of rotatable bonds is 4. The van der Waals surface area contributed by atoms with E-state index in [1.807, 2.05) is 43.9 Å². The summed E-state index contributed by atoms with van der Waals surface area (Å²) in [6.45, 7) is 3.45. The second-order valence-electron chi connectivity index (χ2n) is 6.35. The Hall–Kier alpha value is -2.37. The molecule has 25 heavy (non-hydrogen) atoms. The summed E-state index contributed by atoms with van der Waals surface area (Å²) in [5, 5.41) is 9.83. The van der Waals surface area contributed by atoms with E-state index in [0.717, 1.165) is 45.0 Å². The van der Waals surface area contributed by atoms with Gasteiger partial charge in [-0.25, -0.2) is 4.98 Å². The third-order valence-corrected chi connectivity index (χ3v) is 5.00. The Morgan fingerprint density at radius 2 is 1.92 bits per heavy atom. The quantitative estimate of drug-likeness (QED) is 0.608. The Kier molecular flexibility index (Phi) is 3.98. The van der Waals surface area contributed by atoms with Crippen LogP contribution in [0.4, 0.5) is 0 Å². The van der Waals surface area contributed by atoms with Gasteiger partial charge in [-0.05, 0) is 36.8 Å². The van der Waals surface area contributed by atoms with Gasteiger partial charge in [0.05, 0.1) is 27.3 Å². The molecule has 0 amide bonds. The molecule has 5 nitrogen and oxygen atoms in total. The van der Waals surface area contributed by atoms with Gasteiger partial charge in [0.15, 0.2) is 0 Å². The highest BCUT2D eigenvalue weighted by Gasteiger charge is 2.11. The largest absolute Gasteiger partial charge is 0.331 e. The summed E-state index contributed by atoms with van der Waals surface area (Å²) < 4.78 is 3.98. The van der Waals surface area contributed by atoms with Crippen LogP contribution in [0.25, 0.3) is 21.9 Å². The van der Waals surface area contributed by atoms with Crippen LogP contribution in [0.2, 0.25) is 5.02 Å². The Labute approximate surface area is 151 Å². The maximum atomic E-state index is 6.36. The van der Waals surface area contributed by atoms with Crippen LogP contribution < -0.4 is 5.32 Å². The standard InChI is InChI=1S/C19H20ClN5/c1-12-22-15-9-13(7-8-17(15)24(12)2)10-21-11-16-19-14(20)5-4-6-18(19)25(3)23-16/h4-9,21H,10-11H2,1-3H3. The van der Waals surface area contributed by atoms with E-state index in [2.05, 4.69) is 38.2 Å². The molecule has 0 radical (unpaired) electrons. The number of hydrogen-bond acceptors (Lipinski definition) is 3. The maximum Gasteiger partial charge on any atom is 0.106 e. The molecule has 4 rings (SSSR count). The molecule has 0 aliphatic carbocycles. The zero-order valence-corrected chi connectivity index (χ0v) is 15.3. The molecule has 0 bridgehead atoms. The average Bonchev–Trinajstić information content (AvgIpc) is 3.06. The fourth-order valence-corrected chi connectivity index (χ4v) is 3.56. The van der Waals surface area contributed by atoms with Crippen LogP contribution in [0.1, 0.15) is 17.1 Å². The number of benzene rings is 2. The van der Waals surface area contributed by atoms with E-state index in [1.165, 1.54) is 5.56 Å². The smallest absolute Gasteiger partial charge is 0.106 e. The average molecular weight is 354 g/mol. The molecule has 2 aromatic heterocycles. The summed E-state index contributed by atoms with van der Waals surface area (Å²) in [5.74, 6) is 1.02. The Balaban J connectivity index is 1.53. The van der Waals surface area contributed by atoms with Gasteiger partial charge in [0.25, 0.3) is 0 Å². The monoisotopic (exact) mass is 353 g/mol. The fraction of sp³-hybridized carbons (Fsp3) is 0.263. The molecule has 0 saturated heterocycles. The highest BCUT2D eigenvalue weighted by atomic mass is 35.5. The molecule has 0 spiro atoms. The molecule has 128 valence electrons. The minimum atomic E-state index is 0.667. The minimum Gasteiger partial charge on any atom is -0.331 e. The van der Waals surface area contributed by atoms with Crippen LogP contribution in [0, 0.1) is 6.92 Å². The lowest BCUT2D eigenvalue weighted by Gasteiger charge is -2.05. The first-order valence-electron chi connectivity index (χ1n) is 8.27. The number of aromatic nitrogens is 4. The predicted octanol–water partition coefficient (Wildman–Crippen LogP) is 3.71. The van der Waals surface area contributed by atoms with Gasteiger partial charge in [-0.15, -0.1) is 0 Å². The third kappa shape index (κ3) is 2.79. The summed E-state index contributed by atoms with van der Waals surface area (Å²) in [4.78, 5) is 4.60. The predicted molar refractivity (Wildman–Crippen MR) is 102 cm³/mol. The van der Waals surface area contributed by atoms with Crippen molar-refractivity contribution in [2.24, 2.45) is 14.1 Å². The van der Waals surface area contributed by atoms with Gasteiger partial charge in [-0.3, -0.25) is 4.68 Å². The van der Waals surface area contributed by atoms with Crippen molar-refractivity contribution in [3.05, 3.63) is 58.5 Å². The van der Waals surface area contributed by atoms with Crippen molar-refractivity contribution in [3.63, 3.8) is 0 Å². The Bertz CT molecular complexity index is 1080. The van der Waals surface area contributed by atoms with Crippen LogP contribution in [0.3, 0.4) is 0 Å². The molecule has 0 aliphatic heterocycles. The van der Waals surface area contributed by atoms with Crippen molar-refractivity contribution in [1.29, 1.82) is 0 Å². The number of aryl methyl sites for hydroxylation is 3. The fourth-order valence-electron chi connectivity index (χ4n) is 3.28. The molecule has 4 aromatic rings. The first-order valence-corrected chi connectivity index (χ1v) is 8.65. The zero-order valence-electron chi connectivity index (χ0n) is 14.5. The maximum absolute atomic E-state index is 6.36. The van der Waals surface area contributed by atoms with Gasteiger partial charge >= 0.3 is 0 Å². The lowest BCUT2D eigenvalue weighted by Crippen LogP contribution is -2.13. The van der Waals surface area contributed by atoms with Crippen LogP contribution in [0.15, 0.2) is 36.4 Å². The molecule has 6 heteroatoms. The van der Waals surface area contributed by atoms with E-state index in [0.29, 0.717) is 6.54 Å². The van der Waals surface area contributed by atoms with E-state index < -0.39 is 0 Å². The minimum absolute atomic E-state index is 0.667. The van der Waals surface area contributed by atoms with E-state index in [1.54, 1.807) is 0 Å². The lowest BCUT2D eigenvalue weighted by molar-refractivity contribution is 0.662. The Morgan fingerprint density at radius 3 is 2.76 bits per heavy atom. The number of nitrogens with one attached hydrogen (secondary N) is 1. The van der Waals surface area contributed by atoms with Gasteiger partial charge in [0, 0.05) is 32.6 Å². The van der Waals surface area contributed by atoms with E-state index in [4.69, 9.17) is 11.6 Å². The van der Waals surface area contributed by atoms with E-state index in [-0.39, 0.29) is 0 Å². The summed E-state index contributed by atoms with van der Waals surface area (Å²) >= 11 is 6.36. The van der Waals surface area contributed by atoms with Crippen molar-refractivity contribution < 1.29 is 0 Å². The molecule has 0 unspecified atom stereocenters. The second-order valence-corrected chi connectivity index (χ2v) is 6.76. The van der Waals surface area contributed by atoms with E-state index >= 15 is 0 Å². The van der Waals surface area contributed by atoms with Gasteiger partial charge in [-0.1, -0.05) is 23.7 Å². The molecule has 2 heterocycles. The van der Waals surface area contributed by atoms with Gasteiger partial charge in [0.1, 0.15) is 5.82 Å². The molecule has 0 aliphatic rings. The summed E-state index contributed by atoms with van der Waals surface area (Å²) in [5.41, 5.74) is 5.42. The zero-order chi connectivity index (χ0) is 17.6. The SMILES string of the molecule is Cc1nc2cc(CNCc3nn(C)c4cccc(Cl)c34)ccc2n1C. The highest BCUT2D eigenvalue weighted by molar-refractivity contribution is 6.35. The Morgan fingerprint density at radius 1 is 1.08 bits per heavy atom. The van der Waals surface area contributed by atoms with Crippen LogP contribution >= 0.6 is 11.6 Å². The number of hydrogen-bond donors (Lipinski definition) is 1. The number of imidazole rings is 1. The molecular formula is C19H20ClN5. The molecule has 0 fully saturated rings. The summed E-state index contributed by atoms with van der Waals surface area (Å²) in [6, 6.07) is 12.3. The highest BCUT2D eigenvalue weighted by Crippen LogP contribution is 2.26. The molecule has 2 aromatic carbocycles. The number of nitrogens with zero attached hydrogens (tertiary/aromatic N) is 4. The molecular weight excluding hydrogens is 334 g/mol. The normalized spacial score (nSPS) is 11.7. The van der Waals surface area contributed by atoms with Crippen LogP contribution in [0.5, 0.6) is 0 Å². The van der Waals surface area contributed by atoms with Crippen LogP contribution in [-0.2, 0) is 27.2 Å². The van der Waals surface area contributed by atoms with Gasteiger partial charge < -0.3 is 9.88 Å². The first kappa shape index (κ1) is 16.1. The number of fused-ring (bicyclic) bond motifs is 2. The van der Waals surface area contributed by atoms with Crippen molar-refractivity contribution in [2.45, 2.75) is 20.0 Å². The van der Waals surface area contributed by atoms with Crippen molar-refractivity contribution in [2.75, 3.05) is 0 Å². The number of halogens is 1. The molecule has 0 saturated carbocycles. The van der Waals surface area contributed by atoms with Gasteiger partial charge in [-0.2, -0.15) is 5.10 Å². The second kappa shape index (κ2) is 6.17. The first-order chi connectivity index (χ1) is 12.0. The van der Waals surface area contributed by atoms with Gasteiger partial charge in [0.2, 0.25) is 0 Å². The molecule has 0 atom stereocenters. The third-order valence-electron chi connectivity index (χ3n) is 4.69. The van der Waals surface area contributed by atoms with Crippen molar-refractivity contribution in [3.8, 4) is 0 Å². The van der Waals surface area contributed by atoms with E-state index in [9.17, 15) is 0 Å². The molecule has 1 N–H and O–H groups in total.